The quantitative estimate of drug-likeness (QED) is 0.733. The fourth-order valence-electron chi connectivity index (χ4n) is 2.94. The fourth-order valence-corrected chi connectivity index (χ4v) is 2.94. The van der Waals surface area contributed by atoms with Gasteiger partial charge in [0.1, 0.15) is 6.04 Å². The highest BCUT2D eigenvalue weighted by Gasteiger charge is 2.38. The molecule has 3 rings (SSSR count). The lowest BCUT2D eigenvalue weighted by molar-refractivity contribution is -0.130. The molecule has 0 saturated carbocycles. The number of imide groups is 1. The molecule has 1 aliphatic rings. The van der Waals surface area contributed by atoms with Crippen LogP contribution in [-0.2, 0) is 29.6 Å². The summed E-state index contributed by atoms with van der Waals surface area (Å²) in [6, 6.07) is 12.2. The Morgan fingerprint density at radius 3 is 2.62 bits per heavy atom. The maximum Gasteiger partial charge on any atom is 0.324 e. The summed E-state index contributed by atoms with van der Waals surface area (Å²) in [6.45, 7) is 0.686. The summed E-state index contributed by atoms with van der Waals surface area (Å²) in [5.74, 6) is -0.616. The summed E-state index contributed by atoms with van der Waals surface area (Å²) in [5.41, 5.74) is 2.02. The number of hydrogen-bond donors (Lipinski definition) is 2. The Hall–Kier alpha value is -3.09. The lowest BCUT2D eigenvalue weighted by Gasteiger charge is -2.13. The molecular weight excluding hydrogens is 332 g/mol. The molecule has 1 aliphatic heterocycles. The van der Waals surface area contributed by atoms with Crippen LogP contribution in [0.3, 0.4) is 0 Å². The Labute approximate surface area is 152 Å². The molecule has 0 unspecified atom stereocenters. The molecule has 1 aromatic heterocycles. The van der Waals surface area contributed by atoms with E-state index in [1.165, 1.54) is 4.90 Å². The number of nitrogens with one attached hydrogen (secondary N) is 2. The molecule has 1 saturated heterocycles. The number of carbonyl (C=O) groups is 3. The van der Waals surface area contributed by atoms with Crippen LogP contribution in [-0.4, -0.2) is 39.9 Å². The average molecular weight is 354 g/mol. The van der Waals surface area contributed by atoms with Gasteiger partial charge in [-0.1, -0.05) is 30.3 Å². The van der Waals surface area contributed by atoms with Crippen molar-refractivity contribution < 1.29 is 14.4 Å². The van der Waals surface area contributed by atoms with E-state index in [2.05, 4.69) is 10.6 Å². The van der Waals surface area contributed by atoms with Crippen molar-refractivity contribution >= 4 is 17.8 Å². The summed E-state index contributed by atoms with van der Waals surface area (Å²) in [6.07, 6.45) is 2.43. The summed E-state index contributed by atoms with van der Waals surface area (Å²) in [5, 5.41) is 5.38. The van der Waals surface area contributed by atoms with Gasteiger partial charge in [0.05, 0.1) is 13.0 Å². The summed E-state index contributed by atoms with van der Waals surface area (Å²) < 4.78 is 1.91. The zero-order valence-corrected chi connectivity index (χ0v) is 14.6. The van der Waals surface area contributed by atoms with Crippen molar-refractivity contribution in [2.75, 3.05) is 6.54 Å². The van der Waals surface area contributed by atoms with E-state index in [1.807, 2.05) is 60.3 Å². The molecule has 0 aliphatic carbocycles. The third kappa shape index (κ3) is 4.11. The van der Waals surface area contributed by atoms with Gasteiger partial charge in [0.2, 0.25) is 5.91 Å². The molecular formula is C19H22N4O3. The average Bonchev–Trinajstić information content (AvgIpc) is 3.15. The van der Waals surface area contributed by atoms with Crippen LogP contribution in [0.25, 0.3) is 0 Å². The molecule has 0 spiro atoms. The molecule has 1 fully saturated rings. The molecule has 2 aromatic rings. The number of benzene rings is 1. The number of hydrogen-bond acceptors (Lipinski definition) is 3. The first-order valence-electron chi connectivity index (χ1n) is 8.57. The molecule has 2 N–H and O–H groups in total. The van der Waals surface area contributed by atoms with Crippen LogP contribution in [0.2, 0.25) is 0 Å². The molecule has 0 radical (unpaired) electrons. The van der Waals surface area contributed by atoms with E-state index in [0.717, 1.165) is 11.3 Å². The van der Waals surface area contributed by atoms with Crippen LogP contribution < -0.4 is 10.6 Å². The number of nitrogens with zero attached hydrogens (tertiary/aromatic N) is 2. The van der Waals surface area contributed by atoms with Gasteiger partial charge in [0, 0.05) is 25.5 Å². The summed E-state index contributed by atoms with van der Waals surface area (Å²) in [7, 11) is 1.90. The van der Waals surface area contributed by atoms with Gasteiger partial charge in [0.25, 0.3) is 5.91 Å². The largest absolute Gasteiger partial charge is 0.353 e. The molecule has 1 atom stereocenters. The van der Waals surface area contributed by atoms with E-state index in [-0.39, 0.29) is 18.2 Å². The Morgan fingerprint density at radius 1 is 1.15 bits per heavy atom. The van der Waals surface area contributed by atoms with Gasteiger partial charge in [-0.25, -0.2) is 4.79 Å². The molecule has 2 heterocycles. The van der Waals surface area contributed by atoms with Crippen LogP contribution in [0.15, 0.2) is 48.7 Å². The molecule has 136 valence electrons. The first-order valence-corrected chi connectivity index (χ1v) is 8.57. The van der Waals surface area contributed by atoms with E-state index in [4.69, 9.17) is 0 Å². The smallest absolute Gasteiger partial charge is 0.324 e. The van der Waals surface area contributed by atoms with Gasteiger partial charge in [-0.05, 0) is 24.1 Å². The highest BCUT2D eigenvalue weighted by atomic mass is 16.2. The van der Waals surface area contributed by atoms with Gasteiger partial charge < -0.3 is 15.2 Å². The van der Waals surface area contributed by atoms with Crippen LogP contribution in [0, 0.1) is 0 Å². The van der Waals surface area contributed by atoms with Crippen molar-refractivity contribution in [1.82, 2.24) is 20.1 Å². The Bertz CT molecular complexity index is 800. The zero-order chi connectivity index (χ0) is 18.5. The number of aromatic nitrogens is 1. The van der Waals surface area contributed by atoms with Crippen LogP contribution in [0.5, 0.6) is 0 Å². The highest BCUT2D eigenvalue weighted by molar-refractivity contribution is 6.05. The first kappa shape index (κ1) is 17.7. The Kier molecular flexibility index (Phi) is 5.36. The first-order chi connectivity index (χ1) is 12.5. The molecule has 7 heteroatoms. The Balaban J connectivity index is 1.50. The second-order valence-electron chi connectivity index (χ2n) is 6.32. The number of carbonyl (C=O) groups excluding carboxylic acids is 3. The van der Waals surface area contributed by atoms with Crippen molar-refractivity contribution in [3.05, 3.63) is 59.9 Å². The van der Waals surface area contributed by atoms with Gasteiger partial charge in [-0.3, -0.25) is 14.5 Å². The van der Waals surface area contributed by atoms with E-state index >= 15 is 0 Å². The van der Waals surface area contributed by atoms with Gasteiger partial charge in [0.15, 0.2) is 0 Å². The summed E-state index contributed by atoms with van der Waals surface area (Å²) >= 11 is 0. The standard InChI is InChI=1S/C19H22N4O3/c1-22-10-5-8-15(22)13-20-17(24)12-16-18(25)23(19(26)21-16)11-9-14-6-3-2-4-7-14/h2-8,10,16H,9,11-13H2,1H3,(H,20,24)(H,21,26)/t16-/m1/s1. The normalized spacial score (nSPS) is 16.7. The highest BCUT2D eigenvalue weighted by Crippen LogP contribution is 2.11. The van der Waals surface area contributed by atoms with Gasteiger partial charge >= 0.3 is 6.03 Å². The summed E-state index contributed by atoms with van der Waals surface area (Å²) in [4.78, 5) is 37.7. The van der Waals surface area contributed by atoms with Crippen molar-refractivity contribution in [2.24, 2.45) is 7.05 Å². The Morgan fingerprint density at radius 2 is 1.92 bits per heavy atom. The molecule has 7 nitrogen and oxygen atoms in total. The molecule has 0 bridgehead atoms. The second kappa shape index (κ2) is 7.86. The second-order valence-corrected chi connectivity index (χ2v) is 6.32. The predicted octanol–water partition coefficient (Wildman–Crippen LogP) is 1.19. The molecule has 4 amide bonds. The van der Waals surface area contributed by atoms with Crippen LogP contribution in [0.4, 0.5) is 4.79 Å². The monoisotopic (exact) mass is 354 g/mol. The fraction of sp³-hybridized carbons (Fsp3) is 0.316. The van der Waals surface area contributed by atoms with Gasteiger partial charge in [-0.2, -0.15) is 0 Å². The van der Waals surface area contributed by atoms with E-state index in [1.54, 1.807) is 0 Å². The van der Waals surface area contributed by atoms with Crippen LogP contribution in [0.1, 0.15) is 17.7 Å². The molecule has 26 heavy (non-hydrogen) atoms. The van der Waals surface area contributed by atoms with E-state index in [0.29, 0.717) is 19.5 Å². The van der Waals surface area contributed by atoms with Crippen molar-refractivity contribution in [3.8, 4) is 0 Å². The minimum atomic E-state index is -0.799. The van der Waals surface area contributed by atoms with Crippen molar-refractivity contribution in [1.29, 1.82) is 0 Å². The zero-order valence-electron chi connectivity index (χ0n) is 14.6. The third-order valence-corrected chi connectivity index (χ3v) is 4.48. The van der Waals surface area contributed by atoms with Gasteiger partial charge in [-0.15, -0.1) is 0 Å². The van der Waals surface area contributed by atoms with E-state index in [9.17, 15) is 14.4 Å². The van der Waals surface area contributed by atoms with Crippen molar-refractivity contribution in [3.63, 3.8) is 0 Å². The van der Waals surface area contributed by atoms with Crippen LogP contribution >= 0.6 is 0 Å². The molecule has 1 aromatic carbocycles. The van der Waals surface area contributed by atoms with E-state index < -0.39 is 12.1 Å². The maximum absolute atomic E-state index is 12.4. The minimum absolute atomic E-state index is 0.0587. The predicted molar refractivity (Wildman–Crippen MR) is 96.1 cm³/mol. The van der Waals surface area contributed by atoms with Crippen molar-refractivity contribution in [2.45, 2.75) is 25.4 Å². The lowest BCUT2D eigenvalue weighted by Crippen LogP contribution is -2.36. The number of aryl methyl sites for hydroxylation is 1. The SMILES string of the molecule is Cn1cccc1CNC(=O)C[C@H]1NC(=O)N(CCc2ccccc2)C1=O. The topological polar surface area (TPSA) is 83.4 Å². The minimum Gasteiger partial charge on any atom is -0.353 e. The lowest BCUT2D eigenvalue weighted by atomic mass is 10.1. The maximum atomic E-state index is 12.4. The number of amides is 4. The third-order valence-electron chi connectivity index (χ3n) is 4.48. The number of urea groups is 1. The number of rotatable bonds is 7.